The van der Waals surface area contributed by atoms with Crippen molar-refractivity contribution in [3.63, 3.8) is 0 Å². The highest BCUT2D eigenvalue weighted by atomic mass is 32.2. The van der Waals surface area contributed by atoms with Crippen LogP contribution in [-0.4, -0.2) is 48.1 Å². The van der Waals surface area contributed by atoms with Crippen LogP contribution in [0.5, 0.6) is 5.75 Å². The Labute approximate surface area is 228 Å². The van der Waals surface area contributed by atoms with Crippen LogP contribution >= 0.6 is 0 Å². The molecule has 0 fully saturated rings. The number of carbonyl (C=O) groups is 1. The fourth-order valence-corrected chi connectivity index (χ4v) is 6.15. The van der Waals surface area contributed by atoms with Crippen LogP contribution in [0.4, 0.5) is 5.69 Å². The summed E-state index contributed by atoms with van der Waals surface area (Å²) in [5.41, 5.74) is 3.96. The highest BCUT2D eigenvalue weighted by Gasteiger charge is 2.38. The first-order valence-electron chi connectivity index (χ1n) is 12.8. The lowest BCUT2D eigenvalue weighted by Crippen LogP contribution is -2.44. The molecule has 9 nitrogen and oxygen atoms in total. The molecule has 0 bridgehead atoms. The number of aliphatic hydroxyl groups is 2. The molecule has 1 aliphatic rings. The lowest BCUT2D eigenvalue weighted by Gasteiger charge is -2.24. The van der Waals surface area contributed by atoms with Crippen molar-refractivity contribution in [2.75, 3.05) is 5.32 Å². The van der Waals surface area contributed by atoms with Crippen molar-refractivity contribution in [3.05, 3.63) is 77.9 Å². The number of carboxylic acids is 1. The van der Waals surface area contributed by atoms with Gasteiger partial charge in [0.25, 0.3) is 0 Å². The molecule has 208 valence electrons. The molecule has 0 saturated heterocycles. The molecule has 1 aliphatic heterocycles. The highest BCUT2D eigenvalue weighted by molar-refractivity contribution is 7.89. The number of fused-ring (bicyclic) bond motifs is 1. The zero-order valence-electron chi connectivity index (χ0n) is 22.2. The van der Waals surface area contributed by atoms with Gasteiger partial charge in [0, 0.05) is 17.2 Å². The molecule has 0 aliphatic carbocycles. The quantitative estimate of drug-likeness (QED) is 0.236. The first-order chi connectivity index (χ1) is 18.4. The molecule has 3 aromatic carbocycles. The van der Waals surface area contributed by atoms with Crippen molar-refractivity contribution in [2.24, 2.45) is 5.92 Å². The molecular weight excluding hydrogens is 520 g/mol. The smallest absolute Gasteiger partial charge is 0.322 e. The van der Waals surface area contributed by atoms with E-state index in [9.17, 15) is 28.5 Å². The Balaban J connectivity index is 1.43. The summed E-state index contributed by atoms with van der Waals surface area (Å²) in [5, 5.41) is 33.4. The second-order valence-electron chi connectivity index (χ2n) is 10.2. The molecule has 4 unspecified atom stereocenters. The number of sulfonamides is 1. The van der Waals surface area contributed by atoms with Crippen molar-refractivity contribution in [1.29, 1.82) is 0 Å². The standard InChI is InChI=1S/C29H34N2O7S/c1-16(2)26(29(34)35)31-39(36,37)22-14-10-20(11-15-22)19-8-12-21(13-9-19)30-28(33)27-17(3)25-23(18(4)32)6-5-7-24(25)38-27/h5-18,26-28,30-33H,1-4H3,(H,34,35)/t17?,18?,26-,27?,28?/m0/s1. The summed E-state index contributed by atoms with van der Waals surface area (Å²) in [6.45, 7) is 6.93. The number of hydrogen-bond donors (Lipinski definition) is 5. The third kappa shape index (κ3) is 6.09. The first kappa shape index (κ1) is 28.6. The van der Waals surface area contributed by atoms with E-state index >= 15 is 0 Å². The summed E-state index contributed by atoms with van der Waals surface area (Å²) in [5.74, 6) is -1.12. The third-order valence-electron chi connectivity index (χ3n) is 6.98. The lowest BCUT2D eigenvalue weighted by atomic mass is 9.90. The average molecular weight is 555 g/mol. The van der Waals surface area contributed by atoms with Gasteiger partial charge in [-0.15, -0.1) is 0 Å². The van der Waals surface area contributed by atoms with E-state index in [2.05, 4.69) is 10.0 Å². The minimum Gasteiger partial charge on any atom is -0.485 e. The van der Waals surface area contributed by atoms with E-state index in [-0.39, 0.29) is 10.8 Å². The van der Waals surface area contributed by atoms with E-state index < -0.39 is 46.4 Å². The Hall–Kier alpha value is -3.44. The molecule has 5 N–H and O–H groups in total. The Morgan fingerprint density at radius 3 is 2.05 bits per heavy atom. The number of hydrogen-bond acceptors (Lipinski definition) is 7. The third-order valence-corrected chi connectivity index (χ3v) is 8.44. The second-order valence-corrected chi connectivity index (χ2v) is 11.9. The largest absolute Gasteiger partial charge is 0.485 e. The fourth-order valence-electron chi connectivity index (χ4n) is 4.81. The molecule has 39 heavy (non-hydrogen) atoms. The van der Waals surface area contributed by atoms with Crippen molar-refractivity contribution in [2.45, 2.75) is 63.0 Å². The average Bonchev–Trinajstić information content (AvgIpc) is 3.24. The highest BCUT2D eigenvalue weighted by Crippen LogP contribution is 2.43. The van der Waals surface area contributed by atoms with E-state index in [1.165, 1.54) is 12.1 Å². The maximum absolute atomic E-state index is 12.7. The summed E-state index contributed by atoms with van der Waals surface area (Å²) in [6, 6.07) is 17.8. The number of anilines is 1. The van der Waals surface area contributed by atoms with Crippen LogP contribution in [0.25, 0.3) is 11.1 Å². The van der Waals surface area contributed by atoms with Crippen LogP contribution in [0.2, 0.25) is 0 Å². The van der Waals surface area contributed by atoms with Gasteiger partial charge in [0.15, 0.2) is 6.23 Å². The number of carboxylic acid groups (broad SMARTS) is 1. The summed E-state index contributed by atoms with van der Waals surface area (Å²) in [4.78, 5) is 11.4. The predicted molar refractivity (Wildman–Crippen MR) is 148 cm³/mol. The van der Waals surface area contributed by atoms with Crippen LogP contribution in [0.3, 0.4) is 0 Å². The molecule has 5 atom stereocenters. The molecule has 0 amide bonds. The number of aliphatic hydroxyl groups excluding tert-OH is 2. The Morgan fingerprint density at radius 2 is 1.51 bits per heavy atom. The molecule has 0 radical (unpaired) electrons. The van der Waals surface area contributed by atoms with Gasteiger partial charge in [-0.3, -0.25) is 4.79 Å². The molecule has 0 spiro atoms. The Kier molecular flexibility index (Phi) is 8.31. The molecular formula is C29H34N2O7S. The van der Waals surface area contributed by atoms with Gasteiger partial charge < -0.3 is 25.4 Å². The fraction of sp³-hybridized carbons (Fsp3) is 0.345. The van der Waals surface area contributed by atoms with E-state index in [4.69, 9.17) is 4.74 Å². The van der Waals surface area contributed by atoms with Gasteiger partial charge in [0.2, 0.25) is 10.0 Å². The number of nitrogens with one attached hydrogen (secondary N) is 2. The molecule has 1 heterocycles. The topological polar surface area (TPSA) is 145 Å². The van der Waals surface area contributed by atoms with Gasteiger partial charge >= 0.3 is 5.97 Å². The van der Waals surface area contributed by atoms with Crippen molar-refractivity contribution in [3.8, 4) is 16.9 Å². The van der Waals surface area contributed by atoms with E-state index in [0.29, 0.717) is 11.4 Å². The number of rotatable bonds is 10. The maximum atomic E-state index is 12.7. The first-order valence-corrected chi connectivity index (χ1v) is 14.2. The molecule has 10 heteroatoms. The van der Waals surface area contributed by atoms with Crippen LogP contribution in [-0.2, 0) is 14.8 Å². The zero-order valence-corrected chi connectivity index (χ0v) is 23.0. The van der Waals surface area contributed by atoms with Gasteiger partial charge in [0.1, 0.15) is 17.9 Å². The summed E-state index contributed by atoms with van der Waals surface area (Å²) in [7, 11) is -4.00. The van der Waals surface area contributed by atoms with E-state index in [0.717, 1.165) is 22.3 Å². The molecule has 0 aromatic heterocycles. The summed E-state index contributed by atoms with van der Waals surface area (Å²) >= 11 is 0. The minimum atomic E-state index is -4.00. The van der Waals surface area contributed by atoms with Crippen LogP contribution < -0.4 is 14.8 Å². The van der Waals surface area contributed by atoms with E-state index in [1.54, 1.807) is 45.0 Å². The van der Waals surface area contributed by atoms with Crippen molar-refractivity contribution >= 4 is 21.7 Å². The minimum absolute atomic E-state index is 0.0232. The second kappa shape index (κ2) is 11.4. The van der Waals surface area contributed by atoms with Crippen LogP contribution in [0, 0.1) is 5.92 Å². The van der Waals surface area contributed by atoms with Gasteiger partial charge in [-0.25, -0.2) is 8.42 Å². The summed E-state index contributed by atoms with van der Waals surface area (Å²) in [6.07, 6.45) is -2.19. The van der Waals surface area contributed by atoms with Crippen LogP contribution in [0.15, 0.2) is 71.6 Å². The predicted octanol–water partition coefficient (Wildman–Crippen LogP) is 4.09. The number of ether oxygens (including phenoxy) is 1. The zero-order chi connectivity index (χ0) is 28.5. The monoisotopic (exact) mass is 554 g/mol. The van der Waals surface area contributed by atoms with E-state index in [1.807, 2.05) is 37.3 Å². The van der Waals surface area contributed by atoms with Crippen molar-refractivity contribution in [1.82, 2.24) is 4.72 Å². The SMILES string of the molecule is CC(O)c1cccc2c1C(C)C(C(O)Nc1ccc(-c3ccc(S(=O)(=O)N[C@H](C(=O)O)C(C)C)cc3)cc1)O2. The lowest BCUT2D eigenvalue weighted by molar-refractivity contribution is -0.140. The van der Waals surface area contributed by atoms with Crippen LogP contribution in [0.1, 0.15) is 50.8 Å². The normalized spacial score (nSPS) is 19.2. The van der Waals surface area contributed by atoms with Crippen molar-refractivity contribution < 1.29 is 33.3 Å². The maximum Gasteiger partial charge on any atom is 0.322 e. The van der Waals surface area contributed by atoms with Gasteiger partial charge in [-0.05, 0) is 59.9 Å². The molecule has 0 saturated carbocycles. The Morgan fingerprint density at radius 1 is 0.923 bits per heavy atom. The molecule has 3 aromatic rings. The Bertz CT molecular complexity index is 1420. The summed E-state index contributed by atoms with van der Waals surface area (Å²) < 4.78 is 33.6. The number of aliphatic carboxylic acids is 1. The van der Waals surface area contributed by atoms with Gasteiger partial charge in [-0.1, -0.05) is 57.2 Å². The van der Waals surface area contributed by atoms with Gasteiger partial charge in [0.05, 0.1) is 11.0 Å². The number of benzene rings is 3. The molecule has 4 rings (SSSR count). The van der Waals surface area contributed by atoms with Gasteiger partial charge in [-0.2, -0.15) is 4.72 Å².